The van der Waals surface area contributed by atoms with Crippen LogP contribution in [-0.2, 0) is 9.59 Å². The average Bonchev–Trinajstić information content (AvgIpc) is 2.61. The van der Waals surface area contributed by atoms with Crippen molar-refractivity contribution < 1.29 is 14.3 Å². The molecule has 138 valence electrons. The number of benzene rings is 2. The molecule has 0 heterocycles. The summed E-state index contributed by atoms with van der Waals surface area (Å²) >= 11 is 1.29. The second-order valence-corrected chi connectivity index (χ2v) is 7.12. The van der Waals surface area contributed by atoms with Gasteiger partial charge in [0, 0.05) is 5.69 Å². The summed E-state index contributed by atoms with van der Waals surface area (Å²) in [6.07, 6.45) is 0. The highest BCUT2D eigenvalue weighted by molar-refractivity contribution is 8.01. The van der Waals surface area contributed by atoms with Crippen LogP contribution in [0.2, 0.25) is 0 Å². The van der Waals surface area contributed by atoms with E-state index < -0.39 is 0 Å². The van der Waals surface area contributed by atoms with Gasteiger partial charge in [-0.2, -0.15) is 0 Å². The van der Waals surface area contributed by atoms with E-state index in [4.69, 9.17) is 4.74 Å². The summed E-state index contributed by atoms with van der Waals surface area (Å²) in [6, 6.07) is 14.9. The number of hydrogen-bond donors (Lipinski definition) is 2. The number of nitrogens with one attached hydrogen (secondary N) is 2. The molecule has 0 aliphatic carbocycles. The lowest BCUT2D eigenvalue weighted by atomic mass is 10.2. The maximum Gasteiger partial charge on any atom is 0.237 e. The van der Waals surface area contributed by atoms with Crippen molar-refractivity contribution in [1.82, 2.24) is 0 Å². The number of thioether (sulfide) groups is 1. The number of hydrogen-bond acceptors (Lipinski definition) is 4. The molecule has 2 aromatic rings. The van der Waals surface area contributed by atoms with Gasteiger partial charge in [0.2, 0.25) is 11.8 Å². The zero-order chi connectivity index (χ0) is 18.9. The molecule has 0 spiro atoms. The molecule has 2 amide bonds. The van der Waals surface area contributed by atoms with Gasteiger partial charge in [-0.05, 0) is 50.6 Å². The average molecular weight is 372 g/mol. The third kappa shape index (κ3) is 6.11. The molecule has 0 aromatic heterocycles. The van der Waals surface area contributed by atoms with Crippen LogP contribution in [0.4, 0.5) is 11.4 Å². The van der Waals surface area contributed by atoms with Crippen molar-refractivity contribution in [2.75, 3.05) is 23.0 Å². The third-order valence-corrected chi connectivity index (χ3v) is 4.72. The Balaban J connectivity index is 1.84. The van der Waals surface area contributed by atoms with E-state index in [-0.39, 0.29) is 22.8 Å². The van der Waals surface area contributed by atoms with Gasteiger partial charge in [-0.15, -0.1) is 11.8 Å². The Morgan fingerprint density at radius 2 is 1.88 bits per heavy atom. The number of rotatable bonds is 8. The first-order chi connectivity index (χ1) is 12.5. The van der Waals surface area contributed by atoms with Crippen molar-refractivity contribution in [2.45, 2.75) is 26.0 Å². The largest absolute Gasteiger partial charge is 0.492 e. The molecular weight excluding hydrogens is 348 g/mol. The van der Waals surface area contributed by atoms with E-state index in [0.717, 1.165) is 11.3 Å². The van der Waals surface area contributed by atoms with E-state index in [1.165, 1.54) is 11.8 Å². The molecule has 1 atom stereocenters. The van der Waals surface area contributed by atoms with Crippen LogP contribution in [-0.4, -0.2) is 29.4 Å². The van der Waals surface area contributed by atoms with Gasteiger partial charge < -0.3 is 15.4 Å². The van der Waals surface area contributed by atoms with E-state index in [2.05, 4.69) is 10.6 Å². The van der Waals surface area contributed by atoms with Crippen molar-refractivity contribution >= 4 is 35.0 Å². The Bertz CT molecular complexity index is 764. The molecule has 6 heteroatoms. The molecule has 0 saturated carbocycles. The Labute approximate surface area is 158 Å². The van der Waals surface area contributed by atoms with Crippen molar-refractivity contribution in [3.63, 3.8) is 0 Å². The normalized spacial score (nSPS) is 11.5. The fourth-order valence-electron chi connectivity index (χ4n) is 2.28. The maximum absolute atomic E-state index is 12.4. The molecule has 0 bridgehead atoms. The molecule has 0 aliphatic rings. The molecule has 0 saturated heterocycles. The first kappa shape index (κ1) is 19.8. The predicted molar refractivity (Wildman–Crippen MR) is 108 cm³/mol. The highest BCUT2D eigenvalue weighted by Gasteiger charge is 2.17. The first-order valence-electron chi connectivity index (χ1n) is 8.50. The third-order valence-electron chi connectivity index (χ3n) is 3.58. The zero-order valence-electron chi connectivity index (χ0n) is 15.2. The molecule has 0 fully saturated rings. The van der Waals surface area contributed by atoms with Crippen molar-refractivity contribution in [3.05, 3.63) is 54.1 Å². The van der Waals surface area contributed by atoms with Crippen LogP contribution in [0.15, 0.2) is 48.5 Å². The molecule has 0 aliphatic heterocycles. The Morgan fingerprint density at radius 3 is 2.62 bits per heavy atom. The molecule has 5 nitrogen and oxygen atoms in total. The molecule has 2 rings (SSSR count). The van der Waals surface area contributed by atoms with Crippen molar-refractivity contribution in [2.24, 2.45) is 0 Å². The van der Waals surface area contributed by atoms with Crippen molar-refractivity contribution in [3.8, 4) is 5.75 Å². The minimum atomic E-state index is -0.368. The zero-order valence-corrected chi connectivity index (χ0v) is 16.1. The minimum absolute atomic E-state index is 0.130. The lowest BCUT2D eigenvalue weighted by Crippen LogP contribution is -2.25. The second-order valence-electron chi connectivity index (χ2n) is 5.79. The standard InChI is InChI=1S/C20H24N2O3S/c1-4-25-18-11-6-5-10-17(18)22-20(24)15(3)26-13-19(23)21-16-9-7-8-14(2)12-16/h5-12,15H,4,13H2,1-3H3,(H,21,23)(H,22,24)/t15-/m1/s1. The molecule has 2 N–H and O–H groups in total. The number of carbonyl (C=O) groups is 2. The van der Waals surface area contributed by atoms with Gasteiger partial charge in [0.1, 0.15) is 5.75 Å². The van der Waals surface area contributed by atoms with Gasteiger partial charge in [0.15, 0.2) is 0 Å². The number of amides is 2. The van der Waals surface area contributed by atoms with E-state index in [9.17, 15) is 9.59 Å². The fraction of sp³-hybridized carbons (Fsp3) is 0.300. The summed E-state index contributed by atoms with van der Waals surface area (Å²) in [5.41, 5.74) is 2.48. The summed E-state index contributed by atoms with van der Waals surface area (Å²) in [6.45, 7) is 6.17. The SMILES string of the molecule is CCOc1ccccc1NC(=O)[C@@H](C)SCC(=O)Nc1cccc(C)c1. The van der Waals surface area contributed by atoms with Gasteiger partial charge in [-0.3, -0.25) is 9.59 Å². The maximum atomic E-state index is 12.4. The van der Waals surface area contributed by atoms with Crippen LogP contribution in [0.25, 0.3) is 0 Å². The molecule has 0 radical (unpaired) electrons. The van der Waals surface area contributed by atoms with E-state index in [1.54, 1.807) is 13.0 Å². The topological polar surface area (TPSA) is 67.4 Å². The Hall–Kier alpha value is -2.47. The summed E-state index contributed by atoms with van der Waals surface area (Å²) in [7, 11) is 0. The number of para-hydroxylation sites is 2. The molecule has 0 unspecified atom stereocenters. The second kappa shape index (κ2) is 9.87. The van der Waals surface area contributed by atoms with Gasteiger partial charge in [0.05, 0.1) is 23.3 Å². The van der Waals surface area contributed by atoms with E-state index >= 15 is 0 Å². The number of anilines is 2. The number of ether oxygens (including phenoxy) is 1. The van der Waals surface area contributed by atoms with Gasteiger partial charge in [0.25, 0.3) is 0 Å². The van der Waals surface area contributed by atoms with Gasteiger partial charge >= 0.3 is 0 Å². The van der Waals surface area contributed by atoms with Crippen LogP contribution in [0.1, 0.15) is 19.4 Å². The highest BCUT2D eigenvalue weighted by Crippen LogP contribution is 2.25. The highest BCUT2D eigenvalue weighted by atomic mass is 32.2. The molecule has 2 aromatic carbocycles. The molecule has 26 heavy (non-hydrogen) atoms. The number of carbonyl (C=O) groups excluding carboxylic acids is 2. The fourth-order valence-corrected chi connectivity index (χ4v) is 2.97. The van der Waals surface area contributed by atoms with E-state index in [0.29, 0.717) is 18.0 Å². The van der Waals surface area contributed by atoms with Crippen LogP contribution in [0.3, 0.4) is 0 Å². The summed E-state index contributed by atoms with van der Waals surface area (Å²) in [5.74, 6) is 0.550. The van der Waals surface area contributed by atoms with Crippen molar-refractivity contribution in [1.29, 1.82) is 0 Å². The summed E-state index contributed by atoms with van der Waals surface area (Å²) < 4.78 is 5.51. The number of aryl methyl sites for hydroxylation is 1. The first-order valence-corrected chi connectivity index (χ1v) is 9.55. The van der Waals surface area contributed by atoms with E-state index in [1.807, 2.05) is 56.3 Å². The van der Waals surface area contributed by atoms with Crippen LogP contribution in [0, 0.1) is 6.92 Å². The smallest absolute Gasteiger partial charge is 0.237 e. The van der Waals surface area contributed by atoms with Crippen LogP contribution in [0.5, 0.6) is 5.75 Å². The van der Waals surface area contributed by atoms with Gasteiger partial charge in [-0.1, -0.05) is 24.3 Å². The summed E-state index contributed by atoms with van der Waals surface area (Å²) in [4.78, 5) is 24.4. The van der Waals surface area contributed by atoms with Gasteiger partial charge in [-0.25, -0.2) is 0 Å². The van der Waals surface area contributed by atoms with Crippen LogP contribution >= 0.6 is 11.8 Å². The lowest BCUT2D eigenvalue weighted by molar-refractivity contribution is -0.115. The predicted octanol–water partition coefficient (Wildman–Crippen LogP) is 4.09. The van der Waals surface area contributed by atoms with Crippen LogP contribution < -0.4 is 15.4 Å². The molecular formula is C20H24N2O3S. The Morgan fingerprint density at radius 1 is 1.12 bits per heavy atom. The lowest BCUT2D eigenvalue weighted by Gasteiger charge is -2.14. The monoisotopic (exact) mass is 372 g/mol. The summed E-state index contributed by atoms with van der Waals surface area (Å²) in [5, 5.41) is 5.33. The quantitative estimate of drug-likeness (QED) is 0.732. The minimum Gasteiger partial charge on any atom is -0.492 e. The Kier molecular flexibility index (Phi) is 7.53.